The van der Waals surface area contributed by atoms with Crippen molar-refractivity contribution in [3.63, 3.8) is 0 Å². The van der Waals surface area contributed by atoms with Gasteiger partial charge in [0.15, 0.2) is 5.78 Å². The Labute approximate surface area is 110 Å². The van der Waals surface area contributed by atoms with Gasteiger partial charge in [0.2, 0.25) is 0 Å². The van der Waals surface area contributed by atoms with Crippen LogP contribution in [0.25, 0.3) is 0 Å². The number of ketones is 1. The smallest absolute Gasteiger partial charge is 0.159 e. The van der Waals surface area contributed by atoms with E-state index < -0.39 is 0 Å². The lowest BCUT2D eigenvalue weighted by Crippen LogP contribution is -2.22. The van der Waals surface area contributed by atoms with Crippen molar-refractivity contribution in [3.05, 3.63) is 28.8 Å². The van der Waals surface area contributed by atoms with Crippen LogP contribution in [0.1, 0.15) is 70.0 Å². The van der Waals surface area contributed by atoms with Crippen LogP contribution in [0.3, 0.4) is 0 Å². The Balaban J connectivity index is 3.64. The van der Waals surface area contributed by atoms with Gasteiger partial charge >= 0.3 is 0 Å². The van der Waals surface area contributed by atoms with Crippen molar-refractivity contribution in [2.75, 3.05) is 0 Å². The Hall–Kier alpha value is -1.31. The maximum Gasteiger partial charge on any atom is 0.159 e. The molecule has 0 saturated carbocycles. The van der Waals surface area contributed by atoms with Crippen molar-refractivity contribution in [1.82, 2.24) is 0 Å². The monoisotopic (exact) mass is 247 g/mol. The summed E-state index contributed by atoms with van der Waals surface area (Å²) in [5, 5.41) is 12.5. The summed E-state index contributed by atoms with van der Waals surface area (Å²) >= 11 is 0. The maximum atomic E-state index is 12.5. The normalized spacial score (nSPS) is 12.6. The van der Waals surface area contributed by atoms with Crippen molar-refractivity contribution in [2.24, 2.45) is 0 Å². The number of hydrogen-bond donors (Lipinski definition) is 0. The first-order valence-corrected chi connectivity index (χ1v) is 6.31. The predicted molar refractivity (Wildman–Crippen MR) is 73.3 cm³/mol. The molecule has 0 aliphatic rings. The molecule has 1 aromatic carbocycles. The molecule has 0 heterocycles. The van der Waals surface area contributed by atoms with Crippen LogP contribution in [0, 0.1) is 0 Å². The van der Waals surface area contributed by atoms with E-state index in [0.29, 0.717) is 5.56 Å². The Bertz CT molecular complexity index is 436. The Kier molecular flexibility index (Phi) is 3.62. The topological polar surface area (TPSA) is 40.1 Å². The second-order valence-corrected chi connectivity index (χ2v) is 6.96. The van der Waals surface area contributed by atoms with Crippen LogP contribution in [0.2, 0.25) is 0 Å². The van der Waals surface area contributed by atoms with Crippen LogP contribution in [0.15, 0.2) is 12.1 Å². The van der Waals surface area contributed by atoms with E-state index in [9.17, 15) is 9.90 Å². The molecule has 0 amide bonds. The zero-order valence-electron chi connectivity index (χ0n) is 12.5. The highest BCUT2D eigenvalue weighted by atomic mass is 16.3. The molecule has 0 radical (unpaired) electrons. The molecule has 0 aromatic heterocycles. The molecule has 0 fully saturated rings. The van der Waals surface area contributed by atoms with E-state index in [2.05, 4.69) is 0 Å². The molecule has 100 valence electrons. The molecule has 2 heteroatoms. The summed E-state index contributed by atoms with van der Waals surface area (Å²) in [5.74, 6) is 0.0750. The summed E-state index contributed by atoms with van der Waals surface area (Å²) < 4.78 is 0. The van der Waals surface area contributed by atoms with Gasteiger partial charge in [-0.25, -0.2) is 0 Å². The van der Waals surface area contributed by atoms with E-state index in [4.69, 9.17) is 0 Å². The maximum absolute atomic E-state index is 12.5. The number of benzene rings is 1. The van der Waals surface area contributed by atoms with Gasteiger partial charge in [-0.3, -0.25) is 4.79 Å². The fourth-order valence-corrected chi connectivity index (χ4v) is 1.95. The minimum atomic E-state index is -0.247. The quantitative estimate of drug-likeness (QED) is 0.712. The third-order valence-electron chi connectivity index (χ3n) is 3.11. The molecule has 1 rings (SSSR count). The summed E-state index contributed by atoms with van der Waals surface area (Å²) in [4.78, 5) is 11.6. The molecule has 18 heavy (non-hydrogen) atoms. The zero-order valence-corrected chi connectivity index (χ0v) is 12.5. The van der Waals surface area contributed by atoms with Crippen LogP contribution in [0.5, 0.6) is 5.75 Å². The molecular formula is C16H23O2-. The highest BCUT2D eigenvalue weighted by molar-refractivity contribution is 5.95. The van der Waals surface area contributed by atoms with E-state index in [-0.39, 0.29) is 22.4 Å². The van der Waals surface area contributed by atoms with Crippen LogP contribution in [-0.2, 0) is 10.8 Å². The molecular weight excluding hydrogens is 224 g/mol. The van der Waals surface area contributed by atoms with Gasteiger partial charge in [-0.1, -0.05) is 41.5 Å². The van der Waals surface area contributed by atoms with Crippen molar-refractivity contribution in [1.29, 1.82) is 0 Å². The van der Waals surface area contributed by atoms with E-state index in [1.165, 1.54) is 0 Å². The summed E-state index contributed by atoms with van der Waals surface area (Å²) in [6, 6.07) is 3.50. The van der Waals surface area contributed by atoms with Crippen LogP contribution >= 0.6 is 0 Å². The van der Waals surface area contributed by atoms with E-state index in [1.54, 1.807) is 19.1 Å². The summed E-state index contributed by atoms with van der Waals surface area (Å²) in [7, 11) is 0. The minimum Gasteiger partial charge on any atom is -0.872 e. The SMILES string of the molecule is CC(=O)c1cc(C(C)(C)C)c([O-])c(C(C)(C)C)c1. The molecule has 1 aromatic rings. The minimum absolute atomic E-state index is 0.00556. The lowest BCUT2D eigenvalue weighted by Gasteiger charge is -2.33. The molecule has 0 atom stereocenters. The number of carbonyl (C=O) groups excluding carboxylic acids is 1. The van der Waals surface area contributed by atoms with E-state index in [0.717, 1.165) is 11.1 Å². The number of Topliss-reactive ketones (excluding diaryl/α,β-unsaturated/α-hetero) is 1. The zero-order chi connectivity index (χ0) is 14.3. The van der Waals surface area contributed by atoms with Gasteiger partial charge in [-0.2, -0.15) is 0 Å². The molecule has 0 saturated heterocycles. The van der Waals surface area contributed by atoms with Crippen LogP contribution in [0.4, 0.5) is 0 Å². The lowest BCUT2D eigenvalue weighted by atomic mass is 9.78. The van der Waals surface area contributed by atoms with Crippen LogP contribution < -0.4 is 5.11 Å². The van der Waals surface area contributed by atoms with Gasteiger partial charge in [0.25, 0.3) is 0 Å². The number of hydrogen-bond acceptors (Lipinski definition) is 2. The Morgan fingerprint density at radius 1 is 0.944 bits per heavy atom. The third-order valence-corrected chi connectivity index (χ3v) is 3.11. The summed E-state index contributed by atoms with van der Waals surface area (Å²) in [6.45, 7) is 13.5. The second-order valence-electron chi connectivity index (χ2n) is 6.96. The van der Waals surface area contributed by atoms with Crippen LogP contribution in [-0.4, -0.2) is 5.78 Å². The van der Waals surface area contributed by atoms with Gasteiger partial charge in [-0.05, 0) is 41.0 Å². The number of rotatable bonds is 1. The van der Waals surface area contributed by atoms with Crippen molar-refractivity contribution < 1.29 is 9.90 Å². The molecule has 0 aliphatic carbocycles. The van der Waals surface area contributed by atoms with Gasteiger partial charge in [-0.15, -0.1) is 5.75 Å². The van der Waals surface area contributed by atoms with Crippen molar-refractivity contribution in [2.45, 2.75) is 59.3 Å². The first-order valence-electron chi connectivity index (χ1n) is 6.31. The first kappa shape index (κ1) is 14.7. The fourth-order valence-electron chi connectivity index (χ4n) is 1.95. The lowest BCUT2D eigenvalue weighted by molar-refractivity contribution is -0.271. The van der Waals surface area contributed by atoms with Crippen molar-refractivity contribution in [3.8, 4) is 5.75 Å². The highest BCUT2D eigenvalue weighted by Gasteiger charge is 2.22. The standard InChI is InChI=1S/C16H24O2/c1-10(17)11-8-12(15(2,3)4)14(18)13(9-11)16(5,6)7/h8-9,18H,1-7H3/p-1. The summed E-state index contributed by atoms with van der Waals surface area (Å²) in [6.07, 6.45) is 0. The average molecular weight is 247 g/mol. The highest BCUT2D eigenvalue weighted by Crippen LogP contribution is 2.38. The fraction of sp³-hybridized carbons (Fsp3) is 0.562. The molecule has 0 aliphatic heterocycles. The Morgan fingerprint density at radius 3 is 1.50 bits per heavy atom. The number of carbonyl (C=O) groups is 1. The van der Waals surface area contributed by atoms with E-state index >= 15 is 0 Å². The molecule has 0 bridgehead atoms. The third kappa shape index (κ3) is 2.92. The molecule has 2 nitrogen and oxygen atoms in total. The van der Waals surface area contributed by atoms with Gasteiger partial charge in [0, 0.05) is 5.56 Å². The summed E-state index contributed by atoms with van der Waals surface area (Å²) in [5.41, 5.74) is 1.58. The van der Waals surface area contributed by atoms with E-state index in [1.807, 2.05) is 41.5 Å². The van der Waals surface area contributed by atoms with Gasteiger partial charge < -0.3 is 5.11 Å². The predicted octanol–water partition coefficient (Wildman–Crippen LogP) is 3.56. The Morgan fingerprint density at radius 2 is 1.28 bits per heavy atom. The molecule has 0 unspecified atom stereocenters. The van der Waals surface area contributed by atoms with Gasteiger partial charge in [0.1, 0.15) is 0 Å². The molecule has 0 spiro atoms. The van der Waals surface area contributed by atoms with Crippen molar-refractivity contribution >= 4 is 5.78 Å². The first-order chi connectivity index (χ1) is 7.94. The molecule has 0 N–H and O–H groups in total. The second kappa shape index (κ2) is 4.42. The van der Waals surface area contributed by atoms with Gasteiger partial charge in [0.05, 0.1) is 0 Å². The largest absolute Gasteiger partial charge is 0.872 e. The average Bonchev–Trinajstić information content (AvgIpc) is 2.13.